The fraction of sp³-hybridized carbons (Fsp3) is 0.364. The van der Waals surface area contributed by atoms with Gasteiger partial charge in [0.1, 0.15) is 11.6 Å². The first-order valence-electron chi connectivity index (χ1n) is 4.73. The van der Waals surface area contributed by atoms with Crippen LogP contribution in [0.3, 0.4) is 0 Å². The fourth-order valence-electron chi connectivity index (χ4n) is 1.18. The van der Waals surface area contributed by atoms with Crippen LogP contribution in [0.5, 0.6) is 5.75 Å². The summed E-state index contributed by atoms with van der Waals surface area (Å²) in [4.78, 5) is 0. The fourth-order valence-corrected chi connectivity index (χ4v) is 1.18. The first-order valence-corrected chi connectivity index (χ1v) is 4.73. The van der Waals surface area contributed by atoms with Crippen LogP contribution in [0.15, 0.2) is 18.2 Å². The summed E-state index contributed by atoms with van der Waals surface area (Å²) in [6.45, 7) is 4.69. The second-order valence-corrected chi connectivity index (χ2v) is 3.26. The van der Waals surface area contributed by atoms with E-state index in [9.17, 15) is 0 Å². The first-order chi connectivity index (χ1) is 6.65. The van der Waals surface area contributed by atoms with E-state index in [1.54, 1.807) is 0 Å². The molecule has 0 saturated carbocycles. The molecule has 0 unspecified atom stereocenters. The van der Waals surface area contributed by atoms with E-state index in [2.05, 4.69) is 0 Å². The van der Waals surface area contributed by atoms with Gasteiger partial charge in [0.05, 0.1) is 12.2 Å². The van der Waals surface area contributed by atoms with Crippen molar-refractivity contribution in [2.24, 2.45) is 5.73 Å². The smallest absolute Gasteiger partial charge is 0.130 e. The summed E-state index contributed by atoms with van der Waals surface area (Å²) in [5.41, 5.74) is 7.22. The summed E-state index contributed by atoms with van der Waals surface area (Å²) in [5.74, 6) is 0.760. The average molecular weight is 229 g/mol. The molecule has 84 valence electrons. The zero-order chi connectivity index (χ0) is 10.6. The molecule has 0 bridgehead atoms. The molecule has 4 heteroatoms. The molecule has 0 spiro atoms. The number of hydrogen-bond donors (Lipinski definition) is 2. The number of nitrogens with two attached hydrogens (primary N) is 1. The minimum atomic E-state index is 0. The Morgan fingerprint density at radius 3 is 2.67 bits per heavy atom. The van der Waals surface area contributed by atoms with Crippen LogP contribution in [0.4, 0.5) is 0 Å². The van der Waals surface area contributed by atoms with E-state index in [1.165, 1.54) is 0 Å². The lowest BCUT2D eigenvalue weighted by molar-refractivity contribution is 0.316. The maximum absolute atomic E-state index is 7.38. The molecule has 0 aliphatic rings. The maximum Gasteiger partial charge on any atom is 0.130 e. The van der Waals surface area contributed by atoms with Gasteiger partial charge in [-0.25, -0.2) is 0 Å². The zero-order valence-electron chi connectivity index (χ0n) is 9.04. The van der Waals surface area contributed by atoms with Crippen LogP contribution >= 0.6 is 12.4 Å². The Hall–Kier alpha value is -1.22. The van der Waals surface area contributed by atoms with Gasteiger partial charge in [0, 0.05) is 0 Å². The number of ether oxygens (including phenoxy) is 1. The molecule has 1 aromatic carbocycles. The summed E-state index contributed by atoms with van der Waals surface area (Å²) >= 11 is 0. The van der Waals surface area contributed by atoms with Crippen LogP contribution in [0.2, 0.25) is 0 Å². The van der Waals surface area contributed by atoms with Crippen LogP contribution < -0.4 is 10.5 Å². The molecule has 1 aromatic rings. The van der Waals surface area contributed by atoms with E-state index in [0.29, 0.717) is 17.9 Å². The summed E-state index contributed by atoms with van der Waals surface area (Å²) < 4.78 is 5.51. The normalized spacial score (nSPS) is 9.20. The van der Waals surface area contributed by atoms with E-state index in [0.717, 1.165) is 12.0 Å². The van der Waals surface area contributed by atoms with Crippen molar-refractivity contribution in [3.8, 4) is 5.75 Å². The average Bonchev–Trinajstić information content (AvgIpc) is 2.14. The Labute approximate surface area is 96.5 Å². The van der Waals surface area contributed by atoms with Gasteiger partial charge in [-0.05, 0) is 31.0 Å². The van der Waals surface area contributed by atoms with E-state index < -0.39 is 0 Å². The highest BCUT2D eigenvalue weighted by Crippen LogP contribution is 2.19. The minimum absolute atomic E-state index is 0. The third-order valence-electron chi connectivity index (χ3n) is 1.89. The molecule has 0 aliphatic heterocycles. The lowest BCUT2D eigenvalue weighted by atomic mass is 10.1. The number of nitrogen functional groups attached to an aromatic ring is 1. The van der Waals surface area contributed by atoms with Crippen molar-refractivity contribution in [2.75, 3.05) is 6.61 Å². The van der Waals surface area contributed by atoms with Crippen molar-refractivity contribution >= 4 is 18.2 Å². The lowest BCUT2D eigenvalue weighted by Crippen LogP contribution is -2.13. The molecule has 0 saturated heterocycles. The Morgan fingerprint density at radius 2 is 2.13 bits per heavy atom. The predicted molar refractivity (Wildman–Crippen MR) is 65.2 cm³/mol. The van der Waals surface area contributed by atoms with Gasteiger partial charge < -0.3 is 10.5 Å². The third-order valence-corrected chi connectivity index (χ3v) is 1.89. The first kappa shape index (κ1) is 13.8. The van der Waals surface area contributed by atoms with Crippen molar-refractivity contribution in [3.63, 3.8) is 0 Å². The minimum Gasteiger partial charge on any atom is -0.493 e. The van der Waals surface area contributed by atoms with Gasteiger partial charge in [-0.3, -0.25) is 5.41 Å². The van der Waals surface area contributed by atoms with Crippen molar-refractivity contribution in [3.05, 3.63) is 29.3 Å². The third kappa shape index (κ3) is 3.80. The van der Waals surface area contributed by atoms with Gasteiger partial charge in [0.2, 0.25) is 0 Å². The second kappa shape index (κ2) is 6.30. The van der Waals surface area contributed by atoms with Crippen molar-refractivity contribution in [1.82, 2.24) is 0 Å². The molecule has 3 nitrogen and oxygen atoms in total. The number of hydrogen-bond acceptors (Lipinski definition) is 2. The van der Waals surface area contributed by atoms with Gasteiger partial charge in [0.25, 0.3) is 0 Å². The molecule has 0 atom stereocenters. The molecule has 0 fully saturated rings. The summed E-state index contributed by atoms with van der Waals surface area (Å²) in [7, 11) is 0. The topological polar surface area (TPSA) is 59.1 Å². The largest absolute Gasteiger partial charge is 0.493 e. The number of benzene rings is 1. The quantitative estimate of drug-likeness (QED) is 0.615. The number of halogens is 1. The molecule has 0 heterocycles. The molecular formula is C11H17ClN2O. The molecule has 15 heavy (non-hydrogen) atoms. The number of rotatable bonds is 4. The van der Waals surface area contributed by atoms with Gasteiger partial charge >= 0.3 is 0 Å². The van der Waals surface area contributed by atoms with Gasteiger partial charge in [-0.2, -0.15) is 0 Å². The highest BCUT2D eigenvalue weighted by Gasteiger charge is 2.05. The summed E-state index contributed by atoms with van der Waals surface area (Å²) in [6, 6.07) is 5.66. The number of amidine groups is 1. The van der Waals surface area contributed by atoms with Gasteiger partial charge in [-0.15, -0.1) is 12.4 Å². The molecule has 0 amide bonds. The zero-order valence-corrected chi connectivity index (χ0v) is 9.86. The van der Waals surface area contributed by atoms with Gasteiger partial charge in [0.15, 0.2) is 0 Å². The molecule has 3 N–H and O–H groups in total. The standard InChI is InChI=1S/C11H16N2O.ClH/c1-3-6-14-10-7-8(2)4-5-9(10)11(12)13;/h4-5,7H,3,6H2,1-2H3,(H3,12,13);1H. The number of nitrogens with one attached hydrogen (secondary N) is 1. The van der Waals surface area contributed by atoms with E-state index in [4.69, 9.17) is 15.9 Å². The molecule has 0 aromatic heterocycles. The van der Waals surface area contributed by atoms with Crippen molar-refractivity contribution < 1.29 is 4.74 Å². The van der Waals surface area contributed by atoms with Crippen LogP contribution in [0.1, 0.15) is 24.5 Å². The van der Waals surface area contributed by atoms with Crippen molar-refractivity contribution in [2.45, 2.75) is 20.3 Å². The van der Waals surface area contributed by atoms with E-state index in [-0.39, 0.29) is 18.2 Å². The van der Waals surface area contributed by atoms with E-state index >= 15 is 0 Å². The summed E-state index contributed by atoms with van der Waals surface area (Å²) in [5, 5.41) is 7.38. The summed E-state index contributed by atoms with van der Waals surface area (Å²) in [6.07, 6.45) is 0.950. The van der Waals surface area contributed by atoms with Gasteiger partial charge in [-0.1, -0.05) is 13.0 Å². The predicted octanol–water partition coefficient (Wildman–Crippen LogP) is 2.49. The monoisotopic (exact) mass is 228 g/mol. The molecule has 0 radical (unpaired) electrons. The maximum atomic E-state index is 7.38. The second-order valence-electron chi connectivity index (χ2n) is 3.26. The highest BCUT2D eigenvalue weighted by molar-refractivity contribution is 5.97. The SMILES string of the molecule is CCCOc1cc(C)ccc1C(=N)N.Cl. The Morgan fingerprint density at radius 1 is 1.47 bits per heavy atom. The van der Waals surface area contributed by atoms with E-state index in [1.807, 2.05) is 32.0 Å². The van der Waals surface area contributed by atoms with Crippen LogP contribution in [0, 0.1) is 12.3 Å². The van der Waals surface area contributed by atoms with Crippen LogP contribution in [0.25, 0.3) is 0 Å². The molecule has 1 rings (SSSR count). The van der Waals surface area contributed by atoms with Crippen molar-refractivity contribution in [1.29, 1.82) is 5.41 Å². The Kier molecular flexibility index (Phi) is 5.79. The van der Waals surface area contributed by atoms with Crippen LogP contribution in [-0.2, 0) is 0 Å². The Bertz CT molecular complexity index is 339. The number of aryl methyl sites for hydroxylation is 1. The molecule has 0 aliphatic carbocycles. The Balaban J connectivity index is 0.00000196. The van der Waals surface area contributed by atoms with Crippen LogP contribution in [-0.4, -0.2) is 12.4 Å². The highest BCUT2D eigenvalue weighted by atomic mass is 35.5. The molecular weight excluding hydrogens is 212 g/mol. The lowest BCUT2D eigenvalue weighted by Gasteiger charge is -2.10.